The Hall–Kier alpha value is -3.48. The first-order valence-corrected chi connectivity index (χ1v) is 8.73. The molecule has 0 fully saturated rings. The third kappa shape index (κ3) is 3.08. The molecule has 0 bridgehead atoms. The minimum Gasteiger partial charge on any atom is -0.352 e. The molecule has 0 aliphatic carbocycles. The molecule has 0 spiro atoms. The summed E-state index contributed by atoms with van der Waals surface area (Å²) in [4.78, 5) is 45.1. The number of para-hydroxylation sites is 2. The molecule has 1 aliphatic heterocycles. The molecule has 0 saturated carbocycles. The number of rotatable bonds is 5. The molecule has 3 amide bonds. The predicted octanol–water partition coefficient (Wildman–Crippen LogP) is 2.15. The van der Waals surface area contributed by atoms with Crippen LogP contribution in [0.4, 0.5) is 0 Å². The number of hydrogen-bond donors (Lipinski definition) is 2. The van der Waals surface area contributed by atoms with Gasteiger partial charge in [-0.3, -0.25) is 19.3 Å². The maximum Gasteiger partial charge on any atom is 0.261 e. The van der Waals surface area contributed by atoms with Crippen LogP contribution in [-0.2, 0) is 6.42 Å². The molecule has 1 aromatic heterocycles. The van der Waals surface area contributed by atoms with Crippen LogP contribution in [0.2, 0.25) is 0 Å². The van der Waals surface area contributed by atoms with Crippen molar-refractivity contribution < 1.29 is 14.4 Å². The monoisotopic (exact) mass is 362 g/mol. The van der Waals surface area contributed by atoms with Gasteiger partial charge in [0.05, 0.1) is 22.2 Å². The molecule has 1 aliphatic rings. The number of carbonyl (C=O) groups excluding carboxylic acids is 3. The predicted molar refractivity (Wildman–Crippen MR) is 99.6 cm³/mol. The molecule has 2 N–H and O–H groups in total. The molecule has 0 unspecified atom stereocenters. The fraction of sp³-hybridized carbons (Fsp3) is 0.200. The van der Waals surface area contributed by atoms with E-state index in [2.05, 4.69) is 15.3 Å². The largest absolute Gasteiger partial charge is 0.352 e. The molecule has 7 heteroatoms. The highest BCUT2D eigenvalue weighted by Gasteiger charge is 2.33. The van der Waals surface area contributed by atoms with Crippen molar-refractivity contribution in [2.24, 2.45) is 0 Å². The van der Waals surface area contributed by atoms with Gasteiger partial charge in [0, 0.05) is 25.6 Å². The molecule has 2 aromatic carbocycles. The molecule has 4 rings (SSSR count). The molecular formula is C20H18N4O3. The van der Waals surface area contributed by atoms with Crippen molar-refractivity contribution in [3.8, 4) is 0 Å². The van der Waals surface area contributed by atoms with Gasteiger partial charge in [-0.25, -0.2) is 4.98 Å². The normalized spacial score (nSPS) is 13.3. The maximum absolute atomic E-state index is 12.3. The highest BCUT2D eigenvalue weighted by atomic mass is 16.2. The van der Waals surface area contributed by atoms with E-state index in [0.29, 0.717) is 17.7 Å². The zero-order chi connectivity index (χ0) is 19.0. The molecule has 0 atom stereocenters. The third-order valence-corrected chi connectivity index (χ3v) is 4.67. The van der Waals surface area contributed by atoms with Crippen LogP contribution in [0.1, 0.15) is 43.3 Å². The lowest BCUT2D eigenvalue weighted by Crippen LogP contribution is -2.25. The summed E-state index contributed by atoms with van der Waals surface area (Å²) < 4.78 is 0. The summed E-state index contributed by atoms with van der Waals surface area (Å²) in [5.74, 6) is -0.102. The Labute approximate surface area is 155 Å². The van der Waals surface area contributed by atoms with Gasteiger partial charge in [-0.15, -0.1) is 0 Å². The van der Waals surface area contributed by atoms with E-state index in [1.165, 1.54) is 19.2 Å². The van der Waals surface area contributed by atoms with Crippen LogP contribution < -0.4 is 5.32 Å². The van der Waals surface area contributed by atoms with Crippen molar-refractivity contribution in [1.29, 1.82) is 0 Å². The van der Waals surface area contributed by atoms with Gasteiger partial charge in [-0.05, 0) is 36.8 Å². The van der Waals surface area contributed by atoms with E-state index in [9.17, 15) is 14.4 Å². The van der Waals surface area contributed by atoms with Gasteiger partial charge >= 0.3 is 0 Å². The first-order chi connectivity index (χ1) is 13.0. The SMILES string of the molecule is CN1C(=O)c2ccc(C(=O)NCCCc3nc4ccccc4[nH]3)cc2C1=O. The van der Waals surface area contributed by atoms with Crippen molar-refractivity contribution in [1.82, 2.24) is 20.2 Å². The number of benzene rings is 2. The topological polar surface area (TPSA) is 95.2 Å². The van der Waals surface area contributed by atoms with Crippen LogP contribution in [0, 0.1) is 0 Å². The average Bonchev–Trinajstić information content (AvgIpc) is 3.19. The number of aryl methyl sites for hydroxylation is 1. The van der Waals surface area contributed by atoms with E-state index in [1.54, 1.807) is 6.07 Å². The zero-order valence-corrected chi connectivity index (χ0v) is 14.8. The smallest absolute Gasteiger partial charge is 0.261 e. The number of carbonyl (C=O) groups is 3. The number of hydrogen-bond acceptors (Lipinski definition) is 4. The Balaban J connectivity index is 1.35. The third-order valence-electron chi connectivity index (χ3n) is 4.67. The highest BCUT2D eigenvalue weighted by molar-refractivity contribution is 6.21. The summed E-state index contributed by atoms with van der Waals surface area (Å²) in [7, 11) is 1.43. The fourth-order valence-corrected chi connectivity index (χ4v) is 3.19. The van der Waals surface area contributed by atoms with Crippen molar-refractivity contribution in [2.75, 3.05) is 13.6 Å². The molecule has 3 aromatic rings. The Morgan fingerprint density at radius 3 is 2.70 bits per heavy atom. The second-order valence-corrected chi connectivity index (χ2v) is 6.49. The van der Waals surface area contributed by atoms with Gasteiger partial charge in [0.2, 0.25) is 0 Å². The second-order valence-electron chi connectivity index (χ2n) is 6.49. The standard InChI is InChI=1S/C20H18N4O3/c1-24-19(26)13-9-8-12(11-14(13)20(24)27)18(25)21-10-4-7-17-22-15-5-2-3-6-16(15)23-17/h2-3,5-6,8-9,11H,4,7,10H2,1H3,(H,21,25)(H,22,23). The van der Waals surface area contributed by atoms with E-state index >= 15 is 0 Å². The lowest BCUT2D eigenvalue weighted by molar-refractivity contribution is 0.0693. The molecule has 136 valence electrons. The van der Waals surface area contributed by atoms with Gasteiger partial charge in [0.15, 0.2) is 0 Å². The highest BCUT2D eigenvalue weighted by Crippen LogP contribution is 2.22. The lowest BCUT2D eigenvalue weighted by atomic mass is 10.1. The summed E-state index contributed by atoms with van der Waals surface area (Å²) in [6.07, 6.45) is 1.45. The van der Waals surface area contributed by atoms with Crippen LogP contribution in [0.3, 0.4) is 0 Å². The zero-order valence-electron chi connectivity index (χ0n) is 14.8. The van der Waals surface area contributed by atoms with Crippen LogP contribution in [-0.4, -0.2) is 46.2 Å². The van der Waals surface area contributed by atoms with Gasteiger partial charge in [-0.2, -0.15) is 0 Å². The Bertz CT molecular complexity index is 1040. The summed E-state index contributed by atoms with van der Waals surface area (Å²) in [6.45, 7) is 0.486. The van der Waals surface area contributed by atoms with Gasteiger partial charge < -0.3 is 10.3 Å². The number of imidazole rings is 1. The summed E-state index contributed by atoms with van der Waals surface area (Å²) in [5.41, 5.74) is 2.91. The lowest BCUT2D eigenvalue weighted by Gasteiger charge is -2.05. The molecule has 7 nitrogen and oxygen atoms in total. The van der Waals surface area contributed by atoms with E-state index in [-0.39, 0.29) is 23.3 Å². The Morgan fingerprint density at radius 2 is 1.89 bits per heavy atom. The van der Waals surface area contributed by atoms with Crippen LogP contribution in [0.25, 0.3) is 11.0 Å². The van der Waals surface area contributed by atoms with Crippen LogP contribution >= 0.6 is 0 Å². The number of aromatic nitrogens is 2. The van der Waals surface area contributed by atoms with E-state index in [1.807, 2.05) is 24.3 Å². The molecule has 0 saturated heterocycles. The van der Waals surface area contributed by atoms with E-state index < -0.39 is 0 Å². The summed E-state index contributed by atoms with van der Waals surface area (Å²) in [6, 6.07) is 12.4. The fourth-order valence-electron chi connectivity index (χ4n) is 3.19. The number of fused-ring (bicyclic) bond motifs is 2. The maximum atomic E-state index is 12.3. The van der Waals surface area contributed by atoms with Crippen molar-refractivity contribution in [3.63, 3.8) is 0 Å². The quantitative estimate of drug-likeness (QED) is 0.537. The minimum atomic E-state index is -0.380. The number of imide groups is 1. The Morgan fingerprint density at radius 1 is 1.11 bits per heavy atom. The molecule has 27 heavy (non-hydrogen) atoms. The van der Waals surface area contributed by atoms with Crippen molar-refractivity contribution >= 4 is 28.8 Å². The molecule has 0 radical (unpaired) electrons. The molecular weight excluding hydrogens is 344 g/mol. The average molecular weight is 362 g/mol. The van der Waals surface area contributed by atoms with Gasteiger partial charge in [-0.1, -0.05) is 12.1 Å². The summed E-state index contributed by atoms with van der Waals surface area (Å²) in [5, 5.41) is 2.84. The minimum absolute atomic E-state index is 0.266. The number of H-pyrrole nitrogens is 1. The van der Waals surface area contributed by atoms with Gasteiger partial charge in [0.1, 0.15) is 5.82 Å². The van der Waals surface area contributed by atoms with Crippen molar-refractivity contribution in [2.45, 2.75) is 12.8 Å². The number of nitrogens with zero attached hydrogens (tertiary/aromatic N) is 2. The van der Waals surface area contributed by atoms with Gasteiger partial charge in [0.25, 0.3) is 17.7 Å². The number of aromatic amines is 1. The number of nitrogens with one attached hydrogen (secondary N) is 2. The number of amides is 3. The van der Waals surface area contributed by atoms with E-state index in [0.717, 1.165) is 34.6 Å². The molecule has 2 heterocycles. The first-order valence-electron chi connectivity index (χ1n) is 8.73. The Kier molecular flexibility index (Phi) is 4.19. The second kappa shape index (κ2) is 6.68. The van der Waals surface area contributed by atoms with Crippen molar-refractivity contribution in [3.05, 3.63) is 65.0 Å². The van der Waals surface area contributed by atoms with Crippen LogP contribution in [0.15, 0.2) is 42.5 Å². The first kappa shape index (κ1) is 17.0. The van der Waals surface area contributed by atoms with E-state index in [4.69, 9.17) is 0 Å². The van der Waals surface area contributed by atoms with Crippen LogP contribution in [0.5, 0.6) is 0 Å². The summed E-state index contributed by atoms with van der Waals surface area (Å²) >= 11 is 0.